The first-order valence-electron chi connectivity index (χ1n) is 13.2. The lowest BCUT2D eigenvalue weighted by molar-refractivity contribution is -0.121. The number of carbonyl (C=O) groups is 1. The van der Waals surface area contributed by atoms with Crippen LogP contribution < -0.4 is 5.32 Å². The summed E-state index contributed by atoms with van der Waals surface area (Å²) in [5, 5.41) is 2.89. The van der Waals surface area contributed by atoms with Crippen molar-refractivity contribution >= 4 is 16.3 Å². The fourth-order valence-electron chi connectivity index (χ4n) is 3.97. The van der Waals surface area contributed by atoms with Gasteiger partial charge in [0.25, 0.3) is 0 Å². The van der Waals surface area contributed by atoms with Gasteiger partial charge in [-0.3, -0.25) is 9.35 Å². The third-order valence-electron chi connectivity index (χ3n) is 6.27. The lowest BCUT2D eigenvalue weighted by Gasteiger charge is -2.26. The van der Waals surface area contributed by atoms with Crippen LogP contribution in [0.2, 0.25) is 0 Å². The first kappa shape index (κ1) is 31.3. The van der Waals surface area contributed by atoms with Gasteiger partial charge in [0, 0.05) is 13.0 Å². The lowest BCUT2D eigenvalue weighted by Crippen LogP contribution is -2.32. The van der Waals surface area contributed by atoms with Crippen LogP contribution in [0.1, 0.15) is 143 Å². The summed E-state index contributed by atoms with van der Waals surface area (Å²) in [6, 6.07) is 0. The molecule has 1 unspecified atom stereocenters. The summed E-state index contributed by atoms with van der Waals surface area (Å²) in [4.78, 5) is 11.9. The number of hydrogen-bond donors (Lipinski definition) is 2. The van der Waals surface area contributed by atoms with Gasteiger partial charge in [-0.15, -0.1) is 0 Å². The Labute approximate surface area is 198 Å². The van der Waals surface area contributed by atoms with Crippen molar-refractivity contribution in [3.05, 3.63) is 0 Å². The monoisotopic (exact) mass is 477 g/mol. The lowest BCUT2D eigenvalue weighted by atomic mass is 9.97. The van der Waals surface area contributed by atoms with Crippen LogP contribution in [-0.4, -0.2) is 31.0 Å². The summed E-state index contributed by atoms with van der Waals surface area (Å²) < 4.78 is 35.5. The topological polar surface area (TPSA) is 92.7 Å². The molecule has 6 nitrogen and oxygen atoms in total. The molecule has 192 valence electrons. The zero-order valence-electron chi connectivity index (χ0n) is 21.1. The minimum absolute atomic E-state index is 0.0496. The first-order valence-corrected chi connectivity index (χ1v) is 14.5. The van der Waals surface area contributed by atoms with E-state index in [2.05, 4.69) is 12.2 Å². The summed E-state index contributed by atoms with van der Waals surface area (Å²) in [7, 11) is -4.47. The Morgan fingerprint density at radius 1 is 0.781 bits per heavy atom. The molecule has 0 rings (SSSR count). The number of nitrogens with one attached hydrogen (secondary N) is 1. The van der Waals surface area contributed by atoms with Gasteiger partial charge in [-0.1, -0.05) is 104 Å². The van der Waals surface area contributed by atoms with Gasteiger partial charge in [0.15, 0.2) is 0 Å². The highest BCUT2D eigenvalue weighted by molar-refractivity contribution is 7.80. The van der Waals surface area contributed by atoms with Crippen molar-refractivity contribution in [1.82, 2.24) is 5.32 Å². The Balaban J connectivity index is 3.46. The van der Waals surface area contributed by atoms with Crippen molar-refractivity contribution in [1.29, 1.82) is 0 Å². The van der Waals surface area contributed by atoms with E-state index < -0.39 is 16.0 Å². The van der Waals surface area contributed by atoms with Crippen LogP contribution in [0.25, 0.3) is 0 Å². The number of carbonyl (C=O) groups excluding carboxylic acids is 1. The largest absolute Gasteiger partial charge is 0.397 e. The molecule has 0 aliphatic heterocycles. The van der Waals surface area contributed by atoms with E-state index in [1.54, 1.807) is 13.8 Å². The predicted molar refractivity (Wildman–Crippen MR) is 133 cm³/mol. The Morgan fingerprint density at radius 2 is 1.22 bits per heavy atom. The molecule has 0 spiro atoms. The van der Waals surface area contributed by atoms with Crippen molar-refractivity contribution < 1.29 is 21.9 Å². The Kier molecular flexibility index (Phi) is 19.4. The maximum absolute atomic E-state index is 11.9. The number of rotatable bonds is 23. The van der Waals surface area contributed by atoms with Crippen molar-refractivity contribution in [2.24, 2.45) is 0 Å². The number of hydrogen-bond acceptors (Lipinski definition) is 4. The molecule has 0 aromatic heterocycles. The van der Waals surface area contributed by atoms with Crippen LogP contribution in [0.3, 0.4) is 0 Å². The summed E-state index contributed by atoms with van der Waals surface area (Å²) in [5.41, 5.74) is -0.938. The smallest absolute Gasteiger partial charge is 0.356 e. The zero-order chi connectivity index (χ0) is 24.1. The van der Waals surface area contributed by atoms with E-state index in [1.807, 2.05) is 0 Å². The summed E-state index contributed by atoms with van der Waals surface area (Å²) in [6.07, 6.45) is 21.7. The first-order chi connectivity index (χ1) is 15.2. The molecule has 0 aromatic carbocycles. The van der Waals surface area contributed by atoms with Crippen molar-refractivity contribution in [3.63, 3.8) is 0 Å². The van der Waals surface area contributed by atoms with Crippen LogP contribution in [0, 0.1) is 0 Å². The second-order valence-electron chi connectivity index (χ2n) is 9.47. The van der Waals surface area contributed by atoms with Crippen LogP contribution in [0.4, 0.5) is 0 Å². The van der Waals surface area contributed by atoms with Gasteiger partial charge in [-0.25, -0.2) is 4.18 Å². The third-order valence-corrected chi connectivity index (χ3v) is 6.88. The molecule has 32 heavy (non-hydrogen) atoms. The predicted octanol–water partition coefficient (Wildman–Crippen LogP) is 7.13. The van der Waals surface area contributed by atoms with E-state index in [9.17, 15) is 13.2 Å². The molecular formula is C25H51NO5S. The average molecular weight is 478 g/mol. The van der Waals surface area contributed by atoms with Crippen LogP contribution in [0.15, 0.2) is 0 Å². The van der Waals surface area contributed by atoms with Crippen molar-refractivity contribution in [3.8, 4) is 0 Å². The molecule has 0 aromatic rings. The fourth-order valence-corrected chi connectivity index (χ4v) is 4.68. The van der Waals surface area contributed by atoms with Gasteiger partial charge in [-0.05, 0) is 32.6 Å². The fraction of sp³-hybridized carbons (Fsp3) is 0.960. The molecular weight excluding hydrogens is 426 g/mol. The molecule has 1 atom stereocenters. The quantitative estimate of drug-likeness (QED) is 0.121. The minimum Gasteiger partial charge on any atom is -0.356 e. The molecule has 2 N–H and O–H groups in total. The van der Waals surface area contributed by atoms with E-state index in [-0.39, 0.29) is 5.91 Å². The molecule has 0 saturated heterocycles. The molecule has 0 heterocycles. The van der Waals surface area contributed by atoms with Gasteiger partial charge < -0.3 is 5.32 Å². The highest BCUT2D eigenvalue weighted by Crippen LogP contribution is 2.23. The van der Waals surface area contributed by atoms with Gasteiger partial charge in [0.05, 0.1) is 5.60 Å². The van der Waals surface area contributed by atoms with E-state index in [0.29, 0.717) is 32.2 Å². The second kappa shape index (κ2) is 19.8. The van der Waals surface area contributed by atoms with E-state index in [0.717, 1.165) is 12.8 Å². The van der Waals surface area contributed by atoms with Crippen molar-refractivity contribution in [2.75, 3.05) is 6.54 Å². The van der Waals surface area contributed by atoms with Crippen molar-refractivity contribution in [2.45, 2.75) is 148 Å². The molecule has 0 aliphatic rings. The van der Waals surface area contributed by atoms with Gasteiger partial charge in [-0.2, -0.15) is 8.42 Å². The summed E-state index contributed by atoms with van der Waals surface area (Å²) in [5.74, 6) is 0.0496. The highest BCUT2D eigenvalue weighted by atomic mass is 32.3. The number of amides is 1. The maximum Gasteiger partial charge on any atom is 0.397 e. The van der Waals surface area contributed by atoms with Crippen LogP contribution in [-0.2, 0) is 19.4 Å². The standard InChI is InChI=1S/C25H51NO5S/c1-4-6-7-8-9-10-11-12-13-14-15-16-17-18-19-21-24(27)26-23-20-22-25(3,5-2)31-32(28,29)30/h4-23H2,1-3H3,(H,26,27)(H,28,29,30). The molecule has 1 amide bonds. The molecule has 0 bridgehead atoms. The second-order valence-corrected chi connectivity index (χ2v) is 10.5. The van der Waals surface area contributed by atoms with Crippen LogP contribution >= 0.6 is 0 Å². The third kappa shape index (κ3) is 21.2. The SMILES string of the molecule is CCCCCCCCCCCCCCCCCC(=O)NCCCC(C)(CC)OS(=O)(=O)O. The van der Waals surface area contributed by atoms with E-state index >= 15 is 0 Å². The van der Waals surface area contributed by atoms with Crippen LogP contribution in [0.5, 0.6) is 0 Å². The Morgan fingerprint density at radius 3 is 1.62 bits per heavy atom. The average Bonchev–Trinajstić information content (AvgIpc) is 2.73. The molecule has 7 heteroatoms. The molecule has 0 fully saturated rings. The number of unbranched alkanes of at least 4 members (excludes halogenated alkanes) is 14. The molecule has 0 saturated carbocycles. The highest BCUT2D eigenvalue weighted by Gasteiger charge is 2.28. The molecule has 0 aliphatic carbocycles. The molecule has 0 radical (unpaired) electrons. The van der Waals surface area contributed by atoms with E-state index in [1.165, 1.54) is 83.5 Å². The van der Waals surface area contributed by atoms with Gasteiger partial charge in [0.1, 0.15) is 0 Å². The van der Waals surface area contributed by atoms with E-state index in [4.69, 9.17) is 8.74 Å². The zero-order valence-corrected chi connectivity index (χ0v) is 21.9. The minimum atomic E-state index is -4.47. The summed E-state index contributed by atoms with van der Waals surface area (Å²) >= 11 is 0. The maximum atomic E-state index is 11.9. The van der Waals surface area contributed by atoms with Gasteiger partial charge in [0.2, 0.25) is 5.91 Å². The normalized spacial score (nSPS) is 13.8. The summed E-state index contributed by atoms with van der Waals surface area (Å²) in [6.45, 7) is 6.21. The Bertz CT molecular complexity index is 553. The Hall–Kier alpha value is -0.660. The van der Waals surface area contributed by atoms with Gasteiger partial charge >= 0.3 is 10.4 Å².